The molecular formula is C22H25N3O2S. The van der Waals surface area contributed by atoms with Gasteiger partial charge in [0.15, 0.2) is 5.13 Å². The van der Waals surface area contributed by atoms with Crippen molar-refractivity contribution in [3.63, 3.8) is 0 Å². The summed E-state index contributed by atoms with van der Waals surface area (Å²) < 4.78 is 1.02. The molecule has 0 fully saturated rings. The molecule has 6 heteroatoms. The molecule has 0 spiro atoms. The van der Waals surface area contributed by atoms with Crippen molar-refractivity contribution >= 4 is 38.5 Å². The summed E-state index contributed by atoms with van der Waals surface area (Å²) in [5.74, 6) is 0.0271. The van der Waals surface area contributed by atoms with Crippen LogP contribution in [0.25, 0.3) is 10.2 Å². The fourth-order valence-corrected chi connectivity index (χ4v) is 3.93. The third kappa shape index (κ3) is 5.39. The van der Waals surface area contributed by atoms with Crippen molar-refractivity contribution < 1.29 is 9.59 Å². The third-order valence-corrected chi connectivity index (χ3v) is 5.43. The monoisotopic (exact) mass is 395 g/mol. The molecule has 0 unspecified atom stereocenters. The number of amides is 2. The molecule has 0 radical (unpaired) electrons. The van der Waals surface area contributed by atoms with E-state index in [4.69, 9.17) is 0 Å². The summed E-state index contributed by atoms with van der Waals surface area (Å²) in [6.07, 6.45) is 2.41. The number of nitrogens with zero attached hydrogens (tertiary/aromatic N) is 1. The molecular weight excluding hydrogens is 370 g/mol. The lowest BCUT2D eigenvalue weighted by molar-refractivity contribution is -0.121. The summed E-state index contributed by atoms with van der Waals surface area (Å²) in [7, 11) is 0. The highest BCUT2D eigenvalue weighted by Crippen LogP contribution is 2.27. The fourth-order valence-electron chi connectivity index (χ4n) is 2.98. The molecule has 2 aromatic carbocycles. The molecule has 1 atom stereocenters. The van der Waals surface area contributed by atoms with Crippen LogP contribution in [-0.4, -0.2) is 16.8 Å². The molecule has 0 bridgehead atoms. The van der Waals surface area contributed by atoms with Crippen LogP contribution in [0.4, 0.5) is 5.13 Å². The molecule has 0 saturated heterocycles. The van der Waals surface area contributed by atoms with Gasteiger partial charge in [-0.25, -0.2) is 4.98 Å². The molecule has 0 aliphatic carbocycles. The van der Waals surface area contributed by atoms with Gasteiger partial charge in [0, 0.05) is 12.8 Å². The Morgan fingerprint density at radius 2 is 1.86 bits per heavy atom. The first-order valence-corrected chi connectivity index (χ1v) is 10.4. The number of carbonyl (C=O) groups is 2. The number of hydrogen-bond donors (Lipinski definition) is 2. The number of thiazole rings is 1. The van der Waals surface area contributed by atoms with Crippen LogP contribution in [0, 0.1) is 0 Å². The molecule has 0 aliphatic heterocycles. The Labute approximate surface area is 169 Å². The smallest absolute Gasteiger partial charge is 0.226 e. The fraction of sp³-hybridized carbons (Fsp3) is 0.318. The summed E-state index contributed by atoms with van der Waals surface area (Å²) in [6, 6.07) is 15.9. The lowest BCUT2D eigenvalue weighted by Crippen LogP contribution is -2.26. The minimum atomic E-state index is -0.00835. The normalized spacial score (nSPS) is 11.9. The molecule has 146 valence electrons. The molecule has 5 nitrogen and oxygen atoms in total. The lowest BCUT2D eigenvalue weighted by atomic mass is 10.1. The third-order valence-electron chi connectivity index (χ3n) is 4.49. The number of anilines is 1. The van der Waals surface area contributed by atoms with E-state index in [1.54, 1.807) is 0 Å². The van der Waals surface area contributed by atoms with Crippen LogP contribution in [0.2, 0.25) is 0 Å². The highest BCUT2D eigenvalue weighted by atomic mass is 32.1. The molecule has 3 aromatic rings. The zero-order valence-corrected chi connectivity index (χ0v) is 17.0. The minimum absolute atomic E-state index is 0.00744. The molecule has 0 saturated carbocycles. The highest BCUT2D eigenvalue weighted by molar-refractivity contribution is 7.22. The van der Waals surface area contributed by atoms with E-state index in [1.165, 1.54) is 11.3 Å². The molecule has 1 aromatic heterocycles. The van der Waals surface area contributed by atoms with Crippen LogP contribution in [-0.2, 0) is 16.0 Å². The van der Waals surface area contributed by atoms with Crippen LogP contribution >= 0.6 is 11.3 Å². The maximum Gasteiger partial charge on any atom is 0.226 e. The minimum Gasteiger partial charge on any atom is -0.350 e. The Bertz CT molecular complexity index is 953. The maximum absolute atomic E-state index is 12.3. The Morgan fingerprint density at radius 3 is 2.61 bits per heavy atom. The van der Waals surface area contributed by atoms with Crippen molar-refractivity contribution in [3.05, 3.63) is 59.7 Å². The zero-order valence-electron chi connectivity index (χ0n) is 16.2. The van der Waals surface area contributed by atoms with E-state index in [-0.39, 0.29) is 17.9 Å². The summed E-state index contributed by atoms with van der Waals surface area (Å²) >= 11 is 1.46. The van der Waals surface area contributed by atoms with Gasteiger partial charge in [-0.05, 0) is 43.0 Å². The number of nitrogens with one attached hydrogen (secondary N) is 2. The summed E-state index contributed by atoms with van der Waals surface area (Å²) in [6.45, 7) is 3.96. The lowest BCUT2D eigenvalue weighted by Gasteiger charge is -2.14. The van der Waals surface area contributed by atoms with Crippen LogP contribution in [0.15, 0.2) is 48.5 Å². The Kier molecular flexibility index (Phi) is 6.76. The average Bonchev–Trinajstić information content (AvgIpc) is 3.08. The Morgan fingerprint density at radius 1 is 1.07 bits per heavy atom. The molecule has 2 N–H and O–H groups in total. The van der Waals surface area contributed by atoms with E-state index in [0.717, 1.165) is 27.8 Å². The first-order valence-electron chi connectivity index (χ1n) is 9.58. The van der Waals surface area contributed by atoms with Crippen molar-refractivity contribution in [2.75, 3.05) is 5.32 Å². The van der Waals surface area contributed by atoms with Gasteiger partial charge in [-0.15, -0.1) is 0 Å². The van der Waals surface area contributed by atoms with Gasteiger partial charge in [0.05, 0.1) is 16.3 Å². The maximum atomic E-state index is 12.3. The highest BCUT2D eigenvalue weighted by Gasteiger charge is 2.11. The van der Waals surface area contributed by atoms with E-state index in [1.807, 2.05) is 56.3 Å². The predicted octanol–water partition coefficient (Wildman–Crippen LogP) is 4.84. The van der Waals surface area contributed by atoms with E-state index in [2.05, 4.69) is 21.7 Å². The molecule has 0 aliphatic rings. The second-order valence-corrected chi connectivity index (χ2v) is 7.85. The van der Waals surface area contributed by atoms with Gasteiger partial charge in [0.1, 0.15) is 0 Å². The molecule has 3 rings (SSSR count). The average molecular weight is 396 g/mol. The van der Waals surface area contributed by atoms with Crippen molar-refractivity contribution in [2.45, 2.75) is 45.6 Å². The van der Waals surface area contributed by atoms with E-state index in [0.29, 0.717) is 24.4 Å². The standard InChI is InChI=1S/C22H25N3O2S/c1-3-7-20(26)25-22-24-18-12-10-16(14-19(18)28-22)11-13-21(27)23-15(2)17-8-5-4-6-9-17/h4-6,8-10,12,14-15H,3,7,11,13H2,1-2H3,(H,23,27)(H,24,25,26)/t15-/m1/s1. The number of benzene rings is 2. The van der Waals surface area contributed by atoms with Crippen LogP contribution in [0.3, 0.4) is 0 Å². The van der Waals surface area contributed by atoms with Crippen LogP contribution < -0.4 is 10.6 Å². The summed E-state index contributed by atoms with van der Waals surface area (Å²) in [4.78, 5) is 28.5. The number of hydrogen-bond acceptors (Lipinski definition) is 4. The van der Waals surface area contributed by atoms with Gasteiger partial charge in [-0.1, -0.05) is 54.7 Å². The zero-order chi connectivity index (χ0) is 19.9. The second kappa shape index (κ2) is 9.46. The Hall–Kier alpha value is -2.73. The van der Waals surface area contributed by atoms with Crippen molar-refractivity contribution in [1.29, 1.82) is 0 Å². The largest absolute Gasteiger partial charge is 0.350 e. The predicted molar refractivity (Wildman–Crippen MR) is 114 cm³/mol. The van der Waals surface area contributed by atoms with Gasteiger partial charge in [0.25, 0.3) is 0 Å². The van der Waals surface area contributed by atoms with Crippen LogP contribution in [0.5, 0.6) is 0 Å². The number of carbonyl (C=O) groups excluding carboxylic acids is 2. The number of aryl methyl sites for hydroxylation is 1. The van der Waals surface area contributed by atoms with E-state index < -0.39 is 0 Å². The van der Waals surface area contributed by atoms with Gasteiger partial charge < -0.3 is 10.6 Å². The molecule has 28 heavy (non-hydrogen) atoms. The number of aromatic nitrogens is 1. The first-order chi connectivity index (χ1) is 13.5. The SMILES string of the molecule is CCCC(=O)Nc1nc2ccc(CCC(=O)N[C@H](C)c3ccccc3)cc2s1. The molecule has 2 amide bonds. The number of fused-ring (bicyclic) bond motifs is 1. The Balaban J connectivity index is 1.56. The van der Waals surface area contributed by atoms with Gasteiger partial charge in [-0.2, -0.15) is 0 Å². The van der Waals surface area contributed by atoms with Crippen LogP contribution in [0.1, 0.15) is 50.3 Å². The van der Waals surface area contributed by atoms with Gasteiger partial charge in [-0.3, -0.25) is 9.59 Å². The summed E-state index contributed by atoms with van der Waals surface area (Å²) in [5.41, 5.74) is 3.05. The summed E-state index contributed by atoms with van der Waals surface area (Å²) in [5, 5.41) is 6.51. The topological polar surface area (TPSA) is 71.1 Å². The number of rotatable bonds is 8. The molecule has 1 heterocycles. The van der Waals surface area contributed by atoms with Crippen molar-refractivity contribution in [3.8, 4) is 0 Å². The first kappa shape index (κ1) is 20.0. The van der Waals surface area contributed by atoms with Crippen molar-refractivity contribution in [1.82, 2.24) is 10.3 Å². The van der Waals surface area contributed by atoms with E-state index in [9.17, 15) is 9.59 Å². The quantitative estimate of drug-likeness (QED) is 0.573. The van der Waals surface area contributed by atoms with Gasteiger partial charge in [0.2, 0.25) is 11.8 Å². The van der Waals surface area contributed by atoms with E-state index >= 15 is 0 Å². The van der Waals surface area contributed by atoms with Gasteiger partial charge >= 0.3 is 0 Å². The van der Waals surface area contributed by atoms with Crippen molar-refractivity contribution in [2.24, 2.45) is 0 Å². The second-order valence-electron chi connectivity index (χ2n) is 6.82.